The molecule has 0 heterocycles. The zero-order chi connectivity index (χ0) is 18.9. The molecule has 0 amide bonds. The third kappa shape index (κ3) is 3.91. The SMILES string of the molecule is Cc1cc(/C(N)=N/NCC(C)(C)O)cc(C)c1-c1cccc2c1CCC2. The second kappa shape index (κ2) is 7.12. The summed E-state index contributed by atoms with van der Waals surface area (Å²) in [6, 6.07) is 10.9. The van der Waals surface area contributed by atoms with Gasteiger partial charge < -0.3 is 16.3 Å². The molecule has 4 heteroatoms. The Labute approximate surface area is 156 Å². The number of nitrogens with one attached hydrogen (secondary N) is 1. The average molecular weight is 351 g/mol. The van der Waals surface area contributed by atoms with Crippen LogP contribution in [0.2, 0.25) is 0 Å². The number of hydrogen-bond donors (Lipinski definition) is 3. The van der Waals surface area contributed by atoms with Crippen molar-refractivity contribution in [3.63, 3.8) is 0 Å². The predicted octanol–water partition coefficient (Wildman–Crippen LogP) is 3.44. The number of rotatable bonds is 5. The fraction of sp³-hybridized carbons (Fsp3) is 0.409. The first-order chi connectivity index (χ1) is 12.3. The molecule has 26 heavy (non-hydrogen) atoms. The maximum absolute atomic E-state index is 9.76. The number of hydrogen-bond acceptors (Lipinski definition) is 3. The summed E-state index contributed by atoms with van der Waals surface area (Å²) in [5, 5.41) is 14.0. The van der Waals surface area contributed by atoms with Crippen LogP contribution in [0, 0.1) is 13.8 Å². The lowest BCUT2D eigenvalue weighted by Gasteiger charge is -2.17. The fourth-order valence-electron chi connectivity index (χ4n) is 3.77. The largest absolute Gasteiger partial charge is 0.389 e. The Balaban J connectivity index is 1.93. The number of fused-ring (bicyclic) bond motifs is 1. The van der Waals surface area contributed by atoms with Crippen LogP contribution in [0.4, 0.5) is 0 Å². The van der Waals surface area contributed by atoms with Crippen molar-refractivity contribution in [1.29, 1.82) is 0 Å². The lowest BCUT2D eigenvalue weighted by molar-refractivity contribution is 0.0803. The van der Waals surface area contributed by atoms with E-state index in [0.717, 1.165) is 12.0 Å². The van der Waals surface area contributed by atoms with Gasteiger partial charge in [-0.2, -0.15) is 5.10 Å². The van der Waals surface area contributed by atoms with E-state index in [0.29, 0.717) is 12.4 Å². The molecule has 0 aliphatic heterocycles. The molecule has 1 aliphatic rings. The maximum atomic E-state index is 9.76. The van der Waals surface area contributed by atoms with Crippen molar-refractivity contribution in [3.05, 3.63) is 58.1 Å². The van der Waals surface area contributed by atoms with Gasteiger partial charge in [0.05, 0.1) is 12.1 Å². The molecule has 0 saturated heterocycles. The van der Waals surface area contributed by atoms with Gasteiger partial charge in [0.2, 0.25) is 0 Å². The van der Waals surface area contributed by atoms with E-state index < -0.39 is 5.60 Å². The van der Waals surface area contributed by atoms with E-state index in [2.05, 4.69) is 54.7 Å². The molecule has 2 aromatic carbocycles. The number of benzene rings is 2. The highest BCUT2D eigenvalue weighted by atomic mass is 16.3. The summed E-state index contributed by atoms with van der Waals surface area (Å²) in [5.41, 5.74) is 17.2. The van der Waals surface area contributed by atoms with E-state index in [1.165, 1.54) is 46.2 Å². The summed E-state index contributed by atoms with van der Waals surface area (Å²) in [5.74, 6) is 0.435. The molecule has 1 aliphatic carbocycles. The summed E-state index contributed by atoms with van der Waals surface area (Å²) >= 11 is 0. The van der Waals surface area contributed by atoms with E-state index in [-0.39, 0.29) is 0 Å². The van der Waals surface area contributed by atoms with E-state index in [9.17, 15) is 5.11 Å². The highest BCUT2D eigenvalue weighted by Crippen LogP contribution is 2.36. The fourth-order valence-corrected chi connectivity index (χ4v) is 3.77. The minimum absolute atomic E-state index is 0.347. The molecule has 0 bridgehead atoms. The monoisotopic (exact) mass is 351 g/mol. The van der Waals surface area contributed by atoms with E-state index >= 15 is 0 Å². The van der Waals surface area contributed by atoms with Gasteiger partial charge in [-0.05, 0) is 92.5 Å². The molecule has 3 rings (SSSR count). The van der Waals surface area contributed by atoms with Gasteiger partial charge in [0.15, 0.2) is 5.84 Å². The Morgan fingerprint density at radius 3 is 2.54 bits per heavy atom. The zero-order valence-electron chi connectivity index (χ0n) is 16.2. The van der Waals surface area contributed by atoms with Crippen LogP contribution in [0.3, 0.4) is 0 Å². The first kappa shape index (κ1) is 18.5. The second-order valence-electron chi connectivity index (χ2n) is 7.93. The minimum atomic E-state index is -0.826. The number of nitrogens with two attached hydrogens (primary N) is 1. The Hall–Kier alpha value is -2.33. The number of aryl methyl sites for hydroxylation is 3. The van der Waals surface area contributed by atoms with Crippen LogP contribution in [-0.4, -0.2) is 23.1 Å². The zero-order valence-corrected chi connectivity index (χ0v) is 16.2. The lowest BCUT2D eigenvalue weighted by atomic mass is 9.89. The minimum Gasteiger partial charge on any atom is -0.389 e. The van der Waals surface area contributed by atoms with Crippen LogP contribution in [-0.2, 0) is 12.8 Å². The number of amidine groups is 1. The van der Waals surface area contributed by atoms with Crippen LogP contribution in [0.1, 0.15) is 48.1 Å². The van der Waals surface area contributed by atoms with Gasteiger partial charge in [-0.3, -0.25) is 0 Å². The van der Waals surface area contributed by atoms with Crippen molar-refractivity contribution in [2.75, 3.05) is 6.54 Å². The van der Waals surface area contributed by atoms with Gasteiger partial charge in [-0.1, -0.05) is 18.2 Å². The molecule has 0 spiro atoms. The van der Waals surface area contributed by atoms with Crippen LogP contribution in [0.25, 0.3) is 11.1 Å². The van der Waals surface area contributed by atoms with E-state index in [1.807, 2.05) is 0 Å². The molecule has 0 saturated carbocycles. The number of hydrazone groups is 1. The van der Waals surface area contributed by atoms with Crippen molar-refractivity contribution < 1.29 is 5.11 Å². The van der Waals surface area contributed by atoms with Gasteiger partial charge in [0.1, 0.15) is 0 Å². The topological polar surface area (TPSA) is 70.6 Å². The van der Waals surface area contributed by atoms with Crippen LogP contribution in [0.5, 0.6) is 0 Å². The van der Waals surface area contributed by atoms with Crippen molar-refractivity contribution in [2.24, 2.45) is 10.8 Å². The Morgan fingerprint density at radius 1 is 1.19 bits per heavy atom. The Kier molecular flexibility index (Phi) is 5.05. The summed E-state index contributed by atoms with van der Waals surface area (Å²) in [4.78, 5) is 0. The molecule has 4 nitrogen and oxygen atoms in total. The molecule has 0 radical (unpaired) electrons. The highest BCUT2D eigenvalue weighted by Gasteiger charge is 2.18. The molecule has 0 aromatic heterocycles. The van der Waals surface area contributed by atoms with Gasteiger partial charge in [-0.15, -0.1) is 0 Å². The number of aliphatic hydroxyl groups is 1. The molecule has 4 N–H and O–H groups in total. The quantitative estimate of drug-likeness (QED) is 0.439. The number of nitrogens with zero attached hydrogens (tertiary/aromatic N) is 1. The smallest absolute Gasteiger partial charge is 0.150 e. The van der Waals surface area contributed by atoms with Crippen molar-refractivity contribution in [3.8, 4) is 11.1 Å². The Morgan fingerprint density at radius 2 is 1.88 bits per heavy atom. The van der Waals surface area contributed by atoms with Crippen LogP contribution < -0.4 is 11.2 Å². The normalized spacial score (nSPS) is 14.4. The average Bonchev–Trinajstić information content (AvgIpc) is 3.02. The van der Waals surface area contributed by atoms with Gasteiger partial charge in [0, 0.05) is 5.56 Å². The maximum Gasteiger partial charge on any atom is 0.150 e. The van der Waals surface area contributed by atoms with Gasteiger partial charge in [0.25, 0.3) is 0 Å². The summed E-state index contributed by atoms with van der Waals surface area (Å²) in [6.45, 7) is 8.08. The molecular formula is C22H29N3O. The molecular weight excluding hydrogens is 322 g/mol. The van der Waals surface area contributed by atoms with E-state index in [1.54, 1.807) is 13.8 Å². The standard InChI is InChI=1S/C22H29N3O/c1-14-11-17(21(23)25-24-13-22(3,4)26)12-15(2)20(14)19-10-6-8-16-7-5-9-18(16)19/h6,8,10-12,24,26H,5,7,9,13H2,1-4H3,(H2,23,25). The van der Waals surface area contributed by atoms with Gasteiger partial charge >= 0.3 is 0 Å². The van der Waals surface area contributed by atoms with Crippen LogP contribution in [0.15, 0.2) is 35.4 Å². The first-order valence-electron chi connectivity index (χ1n) is 9.27. The summed E-state index contributed by atoms with van der Waals surface area (Å²) in [6.07, 6.45) is 3.59. The van der Waals surface area contributed by atoms with Crippen LogP contribution >= 0.6 is 0 Å². The van der Waals surface area contributed by atoms with Crippen molar-refractivity contribution in [2.45, 2.75) is 52.6 Å². The predicted molar refractivity (Wildman–Crippen MR) is 108 cm³/mol. The Bertz CT molecular complexity index is 824. The van der Waals surface area contributed by atoms with Crippen molar-refractivity contribution in [1.82, 2.24) is 5.43 Å². The molecule has 0 unspecified atom stereocenters. The first-order valence-corrected chi connectivity index (χ1v) is 9.27. The molecule has 0 atom stereocenters. The second-order valence-corrected chi connectivity index (χ2v) is 7.93. The lowest BCUT2D eigenvalue weighted by Crippen LogP contribution is -2.33. The summed E-state index contributed by atoms with van der Waals surface area (Å²) in [7, 11) is 0. The van der Waals surface area contributed by atoms with Gasteiger partial charge in [-0.25, -0.2) is 0 Å². The third-order valence-electron chi connectivity index (χ3n) is 4.95. The summed E-state index contributed by atoms with van der Waals surface area (Å²) < 4.78 is 0. The van der Waals surface area contributed by atoms with Crippen molar-refractivity contribution >= 4 is 5.84 Å². The highest BCUT2D eigenvalue weighted by molar-refractivity contribution is 5.98. The van der Waals surface area contributed by atoms with E-state index in [4.69, 9.17) is 5.73 Å². The molecule has 0 fully saturated rings. The third-order valence-corrected chi connectivity index (χ3v) is 4.95. The molecule has 2 aromatic rings. The molecule has 138 valence electrons.